The monoisotopic (exact) mass is 233 g/mol. The van der Waals surface area contributed by atoms with Crippen molar-refractivity contribution in [3.8, 4) is 11.6 Å². The summed E-state index contributed by atoms with van der Waals surface area (Å²) in [6.45, 7) is 1.92. The van der Waals surface area contributed by atoms with Gasteiger partial charge in [0.25, 0.3) is 0 Å². The minimum atomic E-state index is -0.359. The van der Waals surface area contributed by atoms with Crippen LogP contribution in [0.2, 0.25) is 0 Å². The van der Waals surface area contributed by atoms with Gasteiger partial charge in [0.1, 0.15) is 23.7 Å². The molecule has 0 saturated carbocycles. The quantitative estimate of drug-likeness (QED) is 0.885. The number of ether oxygens (including phenoxy) is 1. The number of rotatable bonds is 3. The van der Waals surface area contributed by atoms with Gasteiger partial charge in [0, 0.05) is 6.07 Å². The van der Waals surface area contributed by atoms with E-state index in [-0.39, 0.29) is 5.82 Å². The van der Waals surface area contributed by atoms with Gasteiger partial charge in [0.15, 0.2) is 0 Å². The highest BCUT2D eigenvalue weighted by Crippen LogP contribution is 2.26. The third-order valence-corrected chi connectivity index (χ3v) is 2.30. The van der Waals surface area contributed by atoms with Crippen molar-refractivity contribution in [2.45, 2.75) is 13.3 Å². The van der Waals surface area contributed by atoms with E-state index in [2.05, 4.69) is 9.97 Å². The molecular formula is C12H12FN3O. The molecule has 2 aromatic rings. The zero-order valence-electron chi connectivity index (χ0n) is 9.35. The summed E-state index contributed by atoms with van der Waals surface area (Å²) < 4.78 is 18.5. The molecule has 2 rings (SSSR count). The zero-order valence-corrected chi connectivity index (χ0v) is 9.35. The molecule has 0 aliphatic rings. The van der Waals surface area contributed by atoms with E-state index in [4.69, 9.17) is 10.5 Å². The van der Waals surface area contributed by atoms with E-state index >= 15 is 0 Å². The van der Waals surface area contributed by atoms with Crippen LogP contribution >= 0.6 is 0 Å². The minimum Gasteiger partial charge on any atom is -0.438 e. The summed E-state index contributed by atoms with van der Waals surface area (Å²) in [6, 6.07) is 5.86. The van der Waals surface area contributed by atoms with Crippen molar-refractivity contribution >= 4 is 5.82 Å². The van der Waals surface area contributed by atoms with Crippen molar-refractivity contribution in [3.05, 3.63) is 42.0 Å². The lowest BCUT2D eigenvalue weighted by Gasteiger charge is -2.09. The van der Waals surface area contributed by atoms with Crippen molar-refractivity contribution in [2.24, 2.45) is 0 Å². The van der Waals surface area contributed by atoms with Gasteiger partial charge in [-0.2, -0.15) is 0 Å². The third kappa shape index (κ3) is 2.50. The average molecular weight is 233 g/mol. The van der Waals surface area contributed by atoms with Crippen molar-refractivity contribution in [1.82, 2.24) is 9.97 Å². The first-order valence-electron chi connectivity index (χ1n) is 5.23. The number of benzene rings is 1. The molecule has 0 amide bonds. The predicted molar refractivity (Wildman–Crippen MR) is 62.3 cm³/mol. The summed E-state index contributed by atoms with van der Waals surface area (Å²) >= 11 is 0. The molecular weight excluding hydrogens is 221 g/mol. The first-order chi connectivity index (χ1) is 8.20. The van der Waals surface area contributed by atoms with Crippen LogP contribution in [0, 0.1) is 5.82 Å². The molecule has 0 aliphatic heterocycles. The summed E-state index contributed by atoms with van der Waals surface area (Å²) in [7, 11) is 0. The summed E-state index contributed by atoms with van der Waals surface area (Å²) in [6.07, 6.45) is 1.97. The Bertz CT molecular complexity index is 531. The van der Waals surface area contributed by atoms with Gasteiger partial charge in [0.05, 0.1) is 5.56 Å². The first-order valence-corrected chi connectivity index (χ1v) is 5.23. The van der Waals surface area contributed by atoms with E-state index in [1.165, 1.54) is 18.5 Å². The number of hydrogen-bond acceptors (Lipinski definition) is 4. The van der Waals surface area contributed by atoms with Crippen LogP contribution in [0.15, 0.2) is 30.6 Å². The van der Waals surface area contributed by atoms with Crippen LogP contribution in [0.1, 0.15) is 12.5 Å². The fraction of sp³-hybridized carbons (Fsp3) is 0.167. The Kier molecular flexibility index (Phi) is 3.18. The van der Waals surface area contributed by atoms with E-state index in [9.17, 15) is 4.39 Å². The molecule has 0 fully saturated rings. The Morgan fingerprint density at radius 2 is 2.18 bits per heavy atom. The van der Waals surface area contributed by atoms with Crippen molar-refractivity contribution < 1.29 is 9.13 Å². The Morgan fingerprint density at radius 3 is 2.88 bits per heavy atom. The van der Waals surface area contributed by atoms with E-state index in [1.807, 2.05) is 6.92 Å². The highest BCUT2D eigenvalue weighted by atomic mass is 19.1. The number of halogens is 1. The zero-order chi connectivity index (χ0) is 12.3. The van der Waals surface area contributed by atoms with E-state index in [0.29, 0.717) is 23.9 Å². The van der Waals surface area contributed by atoms with E-state index < -0.39 is 0 Å². The van der Waals surface area contributed by atoms with Crippen LogP contribution < -0.4 is 10.5 Å². The fourth-order valence-electron chi connectivity index (χ4n) is 1.47. The topological polar surface area (TPSA) is 61.0 Å². The summed E-state index contributed by atoms with van der Waals surface area (Å²) in [5.74, 6) is 0.778. The lowest BCUT2D eigenvalue weighted by molar-refractivity contribution is 0.451. The summed E-state index contributed by atoms with van der Waals surface area (Å²) in [5, 5.41) is 0. The molecule has 0 saturated heterocycles. The van der Waals surface area contributed by atoms with Crippen molar-refractivity contribution in [3.63, 3.8) is 0 Å². The number of nitrogen functional groups attached to an aromatic ring is 1. The van der Waals surface area contributed by atoms with Crippen molar-refractivity contribution in [2.75, 3.05) is 5.73 Å². The molecule has 0 radical (unpaired) electrons. The van der Waals surface area contributed by atoms with Gasteiger partial charge in [-0.05, 0) is 18.6 Å². The molecule has 1 aromatic heterocycles. The normalized spacial score (nSPS) is 10.2. The maximum atomic E-state index is 13.0. The van der Waals surface area contributed by atoms with Gasteiger partial charge in [-0.3, -0.25) is 0 Å². The second-order valence-electron chi connectivity index (χ2n) is 3.46. The SMILES string of the molecule is CCc1c(N)ncnc1Oc1cccc(F)c1. The van der Waals surface area contributed by atoms with Crippen LogP contribution in [-0.4, -0.2) is 9.97 Å². The van der Waals surface area contributed by atoms with Gasteiger partial charge in [-0.1, -0.05) is 13.0 Å². The molecule has 2 N–H and O–H groups in total. The van der Waals surface area contributed by atoms with Gasteiger partial charge in [-0.25, -0.2) is 14.4 Å². The standard InChI is InChI=1S/C12H12FN3O/c1-2-10-11(14)15-7-16-12(10)17-9-5-3-4-8(13)6-9/h3-7H,2H2,1H3,(H2,14,15,16). The van der Waals surface area contributed by atoms with E-state index in [1.54, 1.807) is 12.1 Å². The number of anilines is 1. The second-order valence-corrected chi connectivity index (χ2v) is 3.46. The average Bonchev–Trinajstić information content (AvgIpc) is 2.29. The first kappa shape index (κ1) is 11.3. The fourth-order valence-corrected chi connectivity index (χ4v) is 1.47. The number of nitrogens with two attached hydrogens (primary N) is 1. The molecule has 0 aliphatic carbocycles. The van der Waals surface area contributed by atoms with Gasteiger partial charge in [0.2, 0.25) is 5.88 Å². The molecule has 0 unspecified atom stereocenters. The molecule has 1 heterocycles. The lowest BCUT2D eigenvalue weighted by atomic mass is 10.2. The van der Waals surface area contributed by atoms with Crippen LogP contribution in [0.4, 0.5) is 10.2 Å². The smallest absolute Gasteiger partial charge is 0.227 e. The van der Waals surface area contributed by atoms with Crippen LogP contribution in [-0.2, 0) is 6.42 Å². The van der Waals surface area contributed by atoms with E-state index in [0.717, 1.165) is 5.56 Å². The molecule has 5 heteroatoms. The van der Waals surface area contributed by atoms with Crippen LogP contribution in [0.5, 0.6) is 11.6 Å². The summed E-state index contributed by atoms with van der Waals surface area (Å²) in [4.78, 5) is 7.88. The second kappa shape index (κ2) is 4.78. The highest BCUT2D eigenvalue weighted by molar-refractivity contribution is 5.45. The Hall–Kier alpha value is -2.17. The number of nitrogens with zero attached hydrogens (tertiary/aromatic N) is 2. The highest BCUT2D eigenvalue weighted by Gasteiger charge is 2.09. The molecule has 1 aromatic carbocycles. The van der Waals surface area contributed by atoms with Gasteiger partial charge >= 0.3 is 0 Å². The summed E-state index contributed by atoms with van der Waals surface area (Å²) in [5.41, 5.74) is 6.43. The maximum absolute atomic E-state index is 13.0. The van der Waals surface area contributed by atoms with Crippen LogP contribution in [0.25, 0.3) is 0 Å². The molecule has 4 nitrogen and oxygen atoms in total. The largest absolute Gasteiger partial charge is 0.438 e. The molecule has 0 bridgehead atoms. The Balaban J connectivity index is 2.33. The third-order valence-electron chi connectivity index (χ3n) is 2.30. The van der Waals surface area contributed by atoms with Gasteiger partial charge < -0.3 is 10.5 Å². The molecule has 0 atom stereocenters. The molecule has 0 spiro atoms. The lowest BCUT2D eigenvalue weighted by Crippen LogP contribution is -2.01. The minimum absolute atomic E-state index is 0.359. The van der Waals surface area contributed by atoms with Gasteiger partial charge in [-0.15, -0.1) is 0 Å². The number of aromatic nitrogens is 2. The van der Waals surface area contributed by atoms with Crippen molar-refractivity contribution in [1.29, 1.82) is 0 Å². The predicted octanol–water partition coefficient (Wildman–Crippen LogP) is 2.55. The Morgan fingerprint density at radius 1 is 1.35 bits per heavy atom. The molecule has 17 heavy (non-hydrogen) atoms. The Labute approximate surface area is 98.3 Å². The van der Waals surface area contributed by atoms with Crippen LogP contribution in [0.3, 0.4) is 0 Å². The molecule has 88 valence electrons. The number of hydrogen-bond donors (Lipinski definition) is 1. The maximum Gasteiger partial charge on any atom is 0.227 e.